The number of aromatic nitrogens is 2. The number of imide groups is 1. The van der Waals surface area contributed by atoms with Crippen LogP contribution in [0, 0.1) is 6.92 Å². The highest BCUT2D eigenvalue weighted by Gasteiger charge is 2.57. The van der Waals surface area contributed by atoms with Crippen LogP contribution < -0.4 is 4.74 Å². The summed E-state index contributed by atoms with van der Waals surface area (Å²) in [7, 11) is 1.61. The maximum absolute atomic E-state index is 13.7. The summed E-state index contributed by atoms with van der Waals surface area (Å²) in [6.07, 6.45) is 1.22. The van der Waals surface area contributed by atoms with Crippen LogP contribution in [-0.2, 0) is 17.9 Å². The normalized spacial score (nSPS) is 18.1. The molecule has 3 heterocycles. The van der Waals surface area contributed by atoms with Gasteiger partial charge in [0.1, 0.15) is 11.3 Å². The molecule has 0 bridgehead atoms. The number of piperidine rings is 1. The fourth-order valence-corrected chi connectivity index (χ4v) is 5.36. The van der Waals surface area contributed by atoms with E-state index in [-0.39, 0.29) is 18.5 Å². The summed E-state index contributed by atoms with van der Waals surface area (Å²) in [5, 5.41) is 0. The molecular formula is C27H31N5O3. The average molecular weight is 474 g/mol. The summed E-state index contributed by atoms with van der Waals surface area (Å²) in [4.78, 5) is 42.0. The lowest BCUT2D eigenvalue weighted by molar-refractivity contribution is -0.136. The Bertz CT molecular complexity index is 1270. The molecule has 2 saturated heterocycles. The number of ether oxygens (including phenoxy) is 1. The topological polar surface area (TPSA) is 78.9 Å². The molecule has 0 radical (unpaired) electrons. The van der Waals surface area contributed by atoms with Gasteiger partial charge in [-0.3, -0.25) is 14.6 Å². The monoisotopic (exact) mass is 473 g/mol. The van der Waals surface area contributed by atoms with E-state index in [1.165, 1.54) is 4.90 Å². The highest BCUT2D eigenvalue weighted by atomic mass is 16.5. The Morgan fingerprint density at radius 3 is 2.37 bits per heavy atom. The zero-order chi connectivity index (χ0) is 24.6. The number of hydrogen-bond acceptors (Lipinski definition) is 6. The molecule has 8 nitrogen and oxygen atoms in total. The van der Waals surface area contributed by atoms with Crippen molar-refractivity contribution < 1.29 is 14.3 Å². The predicted octanol–water partition coefficient (Wildman–Crippen LogP) is 3.77. The molecule has 3 aromatic rings. The molecule has 5 rings (SSSR count). The maximum atomic E-state index is 13.7. The molecule has 8 heteroatoms. The van der Waals surface area contributed by atoms with Crippen molar-refractivity contribution in [1.82, 2.24) is 24.7 Å². The Kier molecular flexibility index (Phi) is 6.15. The standard InChI is InChI=1S/C27H31N5O3/c1-4-32-26(34)31(17-20-8-7-9-21(16-20)35-3)25(33)27(32)12-14-30(15-13-27)18-24-19(2)28-22-10-5-6-11-23(22)29-24/h5-11,16H,4,12-15,17-18H2,1-3H3. The van der Waals surface area contributed by atoms with Crippen molar-refractivity contribution in [1.29, 1.82) is 0 Å². The van der Waals surface area contributed by atoms with Gasteiger partial charge >= 0.3 is 6.03 Å². The summed E-state index contributed by atoms with van der Waals surface area (Å²) in [5.41, 5.74) is 3.78. The fourth-order valence-electron chi connectivity index (χ4n) is 5.36. The smallest absolute Gasteiger partial charge is 0.327 e. The van der Waals surface area contributed by atoms with Gasteiger partial charge in [-0.2, -0.15) is 0 Å². The summed E-state index contributed by atoms with van der Waals surface area (Å²) in [5.74, 6) is 0.623. The van der Waals surface area contributed by atoms with E-state index in [1.54, 1.807) is 12.0 Å². The van der Waals surface area contributed by atoms with Gasteiger partial charge in [0.05, 0.1) is 36.1 Å². The Balaban J connectivity index is 1.31. The second-order valence-corrected chi connectivity index (χ2v) is 9.32. The number of aryl methyl sites for hydroxylation is 1. The van der Waals surface area contributed by atoms with Crippen LogP contribution in [0.2, 0.25) is 0 Å². The summed E-state index contributed by atoms with van der Waals surface area (Å²) >= 11 is 0. The number of amides is 3. The van der Waals surface area contributed by atoms with Gasteiger partial charge in [0.25, 0.3) is 5.91 Å². The number of methoxy groups -OCH3 is 1. The SMILES string of the molecule is CCN1C(=O)N(Cc2cccc(OC)c2)C(=O)C12CCN(Cc1nc3ccccc3nc1C)CC2. The minimum atomic E-state index is -0.773. The van der Waals surface area contributed by atoms with Gasteiger partial charge in [0, 0.05) is 26.2 Å². The highest BCUT2D eigenvalue weighted by Crippen LogP contribution is 2.38. The minimum Gasteiger partial charge on any atom is -0.497 e. The highest BCUT2D eigenvalue weighted by molar-refractivity contribution is 6.07. The molecule has 2 aromatic carbocycles. The van der Waals surface area contributed by atoms with Crippen LogP contribution in [0.5, 0.6) is 5.75 Å². The molecule has 2 aliphatic heterocycles. The van der Waals surface area contributed by atoms with E-state index >= 15 is 0 Å². The largest absolute Gasteiger partial charge is 0.497 e. The summed E-state index contributed by atoms with van der Waals surface area (Å²) < 4.78 is 5.30. The van der Waals surface area contributed by atoms with Gasteiger partial charge < -0.3 is 9.64 Å². The number of para-hydroxylation sites is 2. The quantitative estimate of drug-likeness (QED) is 0.507. The zero-order valence-electron chi connectivity index (χ0n) is 20.5. The maximum Gasteiger partial charge on any atom is 0.327 e. The van der Waals surface area contributed by atoms with Gasteiger partial charge in [0.2, 0.25) is 0 Å². The third kappa shape index (κ3) is 4.12. The van der Waals surface area contributed by atoms with Crippen LogP contribution in [0.25, 0.3) is 11.0 Å². The van der Waals surface area contributed by atoms with Gasteiger partial charge in [-0.1, -0.05) is 24.3 Å². The third-order valence-corrected chi connectivity index (χ3v) is 7.31. The van der Waals surface area contributed by atoms with Crippen LogP contribution in [-0.4, -0.2) is 68.9 Å². The van der Waals surface area contributed by atoms with Crippen LogP contribution in [0.1, 0.15) is 36.7 Å². The van der Waals surface area contributed by atoms with Gasteiger partial charge in [-0.25, -0.2) is 14.8 Å². The number of carbonyl (C=O) groups is 2. The molecule has 2 aliphatic rings. The fraction of sp³-hybridized carbons (Fsp3) is 0.407. The van der Waals surface area contributed by atoms with E-state index in [0.29, 0.717) is 31.7 Å². The number of hydrogen-bond donors (Lipinski definition) is 0. The van der Waals surface area contributed by atoms with E-state index in [4.69, 9.17) is 14.7 Å². The first-order valence-electron chi connectivity index (χ1n) is 12.2. The molecule has 0 saturated carbocycles. The zero-order valence-corrected chi connectivity index (χ0v) is 20.5. The number of urea groups is 1. The van der Waals surface area contributed by atoms with E-state index in [1.807, 2.05) is 62.4 Å². The van der Waals surface area contributed by atoms with Gasteiger partial charge in [0.15, 0.2) is 0 Å². The number of benzene rings is 2. The van der Waals surface area contributed by atoms with E-state index in [2.05, 4.69) is 4.90 Å². The van der Waals surface area contributed by atoms with Crippen LogP contribution in [0.3, 0.4) is 0 Å². The molecular weight excluding hydrogens is 442 g/mol. The molecule has 0 N–H and O–H groups in total. The average Bonchev–Trinajstić information content (AvgIpc) is 3.06. The Morgan fingerprint density at radius 2 is 1.69 bits per heavy atom. The molecule has 0 atom stereocenters. The third-order valence-electron chi connectivity index (χ3n) is 7.31. The molecule has 1 aromatic heterocycles. The lowest BCUT2D eigenvalue weighted by Gasteiger charge is -2.41. The van der Waals surface area contributed by atoms with Crippen molar-refractivity contribution >= 4 is 23.0 Å². The molecule has 3 amide bonds. The molecule has 0 unspecified atom stereocenters. The Labute approximate surface area is 205 Å². The van der Waals surface area contributed by atoms with Crippen molar-refractivity contribution in [2.24, 2.45) is 0 Å². The molecule has 182 valence electrons. The first-order chi connectivity index (χ1) is 16.9. The van der Waals surface area contributed by atoms with Crippen molar-refractivity contribution in [3.63, 3.8) is 0 Å². The molecule has 1 spiro atoms. The Hall–Kier alpha value is -3.52. The number of carbonyl (C=O) groups excluding carboxylic acids is 2. The van der Waals surface area contributed by atoms with Gasteiger partial charge in [-0.15, -0.1) is 0 Å². The van der Waals surface area contributed by atoms with Crippen LogP contribution in [0.15, 0.2) is 48.5 Å². The molecule has 35 heavy (non-hydrogen) atoms. The number of likely N-dealkylation sites (tertiary alicyclic amines) is 1. The van der Waals surface area contributed by atoms with E-state index in [0.717, 1.165) is 41.1 Å². The van der Waals surface area contributed by atoms with Crippen molar-refractivity contribution in [2.45, 2.75) is 45.3 Å². The first-order valence-corrected chi connectivity index (χ1v) is 12.2. The first kappa shape index (κ1) is 23.2. The number of likely N-dealkylation sites (N-methyl/N-ethyl adjacent to an activating group) is 1. The summed E-state index contributed by atoms with van der Waals surface area (Å²) in [6.45, 7) is 6.82. The minimum absolute atomic E-state index is 0.0894. The lowest BCUT2D eigenvalue weighted by atomic mass is 9.85. The van der Waals surface area contributed by atoms with E-state index in [9.17, 15) is 9.59 Å². The molecule has 0 aliphatic carbocycles. The second kappa shape index (κ2) is 9.26. The Morgan fingerprint density at radius 1 is 0.971 bits per heavy atom. The number of fused-ring (bicyclic) bond motifs is 1. The van der Waals surface area contributed by atoms with Gasteiger partial charge in [-0.05, 0) is 56.5 Å². The van der Waals surface area contributed by atoms with Crippen molar-refractivity contribution in [3.05, 3.63) is 65.5 Å². The summed E-state index contributed by atoms with van der Waals surface area (Å²) in [6, 6.07) is 15.2. The number of rotatable bonds is 6. The van der Waals surface area contributed by atoms with E-state index < -0.39 is 5.54 Å². The van der Waals surface area contributed by atoms with Crippen LogP contribution in [0.4, 0.5) is 4.79 Å². The molecule has 2 fully saturated rings. The second-order valence-electron chi connectivity index (χ2n) is 9.32. The lowest BCUT2D eigenvalue weighted by Crippen LogP contribution is -2.56. The van der Waals surface area contributed by atoms with Crippen molar-refractivity contribution in [2.75, 3.05) is 26.7 Å². The van der Waals surface area contributed by atoms with Crippen molar-refractivity contribution in [3.8, 4) is 5.75 Å². The predicted molar refractivity (Wildman–Crippen MR) is 133 cm³/mol. The van der Waals surface area contributed by atoms with Crippen LogP contribution >= 0.6 is 0 Å². The number of nitrogens with zero attached hydrogens (tertiary/aromatic N) is 5.